The molecule has 2 atom stereocenters. The minimum absolute atomic E-state index is 0.122. The van der Waals surface area contributed by atoms with E-state index in [4.69, 9.17) is 0 Å². The van der Waals surface area contributed by atoms with Crippen molar-refractivity contribution in [2.45, 2.75) is 95.7 Å². The molecule has 2 saturated carbocycles. The largest absolute Gasteiger partial charge is 0.328 e. The molecule has 2 aliphatic heterocycles. The van der Waals surface area contributed by atoms with Gasteiger partial charge in [-0.25, -0.2) is 13.6 Å². The molecule has 2 unspecified atom stereocenters. The fourth-order valence-corrected chi connectivity index (χ4v) is 6.36. The van der Waals surface area contributed by atoms with Crippen LogP contribution < -0.4 is 5.32 Å². The first-order chi connectivity index (χ1) is 14.3. The number of amides is 2. The summed E-state index contributed by atoms with van der Waals surface area (Å²) in [6.07, 6.45) is 8.35. The Morgan fingerprint density at radius 2 is 1.53 bits per heavy atom. The quantitative estimate of drug-likeness (QED) is 0.743. The Bertz CT molecular complexity index is 590. The highest BCUT2D eigenvalue weighted by molar-refractivity contribution is 5.75. The second-order valence-corrected chi connectivity index (χ2v) is 10.5. The lowest BCUT2D eigenvalue weighted by Gasteiger charge is -2.48. The molecule has 0 aromatic rings. The van der Waals surface area contributed by atoms with Crippen LogP contribution in [0.15, 0.2) is 0 Å². The van der Waals surface area contributed by atoms with Gasteiger partial charge in [-0.1, -0.05) is 12.8 Å². The van der Waals surface area contributed by atoms with E-state index in [0.717, 1.165) is 45.4 Å². The molecule has 2 amide bonds. The summed E-state index contributed by atoms with van der Waals surface area (Å²) in [5.41, 5.74) is 0.421. The van der Waals surface area contributed by atoms with Gasteiger partial charge in [0.25, 0.3) is 5.92 Å². The second kappa shape index (κ2) is 8.89. The first-order valence-electron chi connectivity index (χ1n) is 12.2. The van der Waals surface area contributed by atoms with E-state index in [-0.39, 0.29) is 18.5 Å². The van der Waals surface area contributed by atoms with E-state index in [1.165, 1.54) is 25.7 Å². The SMILES string of the molecule is CC(C)N1CCN(C2CCCC(F)(F)C2NC(=O)N2CCC3(CCCC3)CC2)CC1. The maximum atomic E-state index is 15.0. The number of rotatable bonds is 3. The van der Waals surface area contributed by atoms with E-state index in [0.29, 0.717) is 31.0 Å². The topological polar surface area (TPSA) is 38.8 Å². The first-order valence-corrected chi connectivity index (χ1v) is 12.2. The summed E-state index contributed by atoms with van der Waals surface area (Å²) in [4.78, 5) is 19.4. The molecule has 4 fully saturated rings. The number of hydrogen-bond donors (Lipinski definition) is 1. The Hall–Kier alpha value is -0.950. The van der Waals surface area contributed by atoms with Crippen LogP contribution in [0, 0.1) is 5.41 Å². The summed E-state index contributed by atoms with van der Waals surface area (Å²) in [7, 11) is 0. The number of likely N-dealkylation sites (tertiary alicyclic amines) is 1. The standard InChI is InChI=1S/C23H40F2N4O/c1-18(2)27-14-16-28(17-15-27)19-6-5-9-23(24,25)20(19)26-21(30)29-12-10-22(11-13-29)7-3-4-8-22/h18-20H,3-17H2,1-2H3,(H,26,30). The molecule has 5 nitrogen and oxygen atoms in total. The van der Waals surface area contributed by atoms with Gasteiger partial charge in [0.05, 0.1) is 0 Å². The van der Waals surface area contributed by atoms with Crippen molar-refractivity contribution in [1.29, 1.82) is 0 Å². The van der Waals surface area contributed by atoms with E-state index in [9.17, 15) is 13.6 Å². The van der Waals surface area contributed by atoms with Crippen molar-refractivity contribution in [3.05, 3.63) is 0 Å². The Balaban J connectivity index is 1.38. The molecular weight excluding hydrogens is 386 g/mol. The maximum Gasteiger partial charge on any atom is 0.317 e. The van der Waals surface area contributed by atoms with E-state index in [1.807, 2.05) is 0 Å². The van der Waals surface area contributed by atoms with Gasteiger partial charge in [-0.2, -0.15) is 0 Å². The molecule has 4 aliphatic rings. The Labute approximate surface area is 180 Å². The van der Waals surface area contributed by atoms with E-state index < -0.39 is 12.0 Å². The smallest absolute Gasteiger partial charge is 0.317 e. The molecule has 30 heavy (non-hydrogen) atoms. The van der Waals surface area contributed by atoms with Crippen LogP contribution in [0.2, 0.25) is 0 Å². The maximum absolute atomic E-state index is 15.0. The van der Waals surface area contributed by atoms with Crippen LogP contribution in [-0.2, 0) is 0 Å². The third-order valence-electron chi connectivity index (χ3n) is 8.45. The zero-order valence-corrected chi connectivity index (χ0v) is 18.8. The third-order valence-corrected chi connectivity index (χ3v) is 8.45. The molecule has 0 radical (unpaired) electrons. The molecule has 2 saturated heterocycles. The summed E-state index contributed by atoms with van der Waals surface area (Å²) in [5.74, 6) is -2.84. The van der Waals surface area contributed by atoms with Crippen molar-refractivity contribution < 1.29 is 13.6 Å². The molecule has 1 N–H and O–H groups in total. The number of carbonyl (C=O) groups is 1. The van der Waals surface area contributed by atoms with Crippen LogP contribution in [0.5, 0.6) is 0 Å². The number of carbonyl (C=O) groups excluding carboxylic acids is 1. The summed E-state index contributed by atoms with van der Waals surface area (Å²) < 4.78 is 30.0. The lowest BCUT2D eigenvalue weighted by atomic mass is 9.77. The number of piperazine rings is 1. The van der Waals surface area contributed by atoms with Crippen molar-refractivity contribution in [1.82, 2.24) is 20.0 Å². The number of piperidine rings is 1. The summed E-state index contributed by atoms with van der Waals surface area (Å²) in [5, 5.41) is 2.82. The average molecular weight is 427 g/mol. The monoisotopic (exact) mass is 426 g/mol. The normalized spacial score (nSPS) is 32.6. The molecule has 0 aromatic carbocycles. The Kier molecular flexibility index (Phi) is 6.59. The zero-order valence-electron chi connectivity index (χ0n) is 18.8. The van der Waals surface area contributed by atoms with E-state index in [2.05, 4.69) is 29.0 Å². The second-order valence-electron chi connectivity index (χ2n) is 10.5. The van der Waals surface area contributed by atoms with Crippen LogP contribution in [0.1, 0.15) is 71.6 Å². The summed E-state index contributed by atoms with van der Waals surface area (Å²) in [6, 6.07) is -1.14. The van der Waals surface area contributed by atoms with Crippen molar-refractivity contribution >= 4 is 6.03 Å². The van der Waals surface area contributed by atoms with Gasteiger partial charge in [0.15, 0.2) is 0 Å². The van der Waals surface area contributed by atoms with Gasteiger partial charge in [0.1, 0.15) is 6.04 Å². The number of urea groups is 1. The molecule has 7 heteroatoms. The molecule has 4 rings (SSSR count). The summed E-state index contributed by atoms with van der Waals surface area (Å²) in [6.45, 7) is 9.21. The van der Waals surface area contributed by atoms with Crippen LogP contribution in [0.3, 0.4) is 0 Å². The molecule has 2 heterocycles. The van der Waals surface area contributed by atoms with Crippen molar-refractivity contribution in [3.8, 4) is 0 Å². The molecule has 0 aromatic heterocycles. The molecular formula is C23H40F2N4O. The van der Waals surface area contributed by atoms with Crippen LogP contribution >= 0.6 is 0 Å². The van der Waals surface area contributed by atoms with Crippen molar-refractivity contribution in [2.24, 2.45) is 5.41 Å². The number of halogens is 2. The number of nitrogens with zero attached hydrogens (tertiary/aromatic N) is 3. The fourth-order valence-electron chi connectivity index (χ4n) is 6.36. The fraction of sp³-hybridized carbons (Fsp3) is 0.957. The number of hydrogen-bond acceptors (Lipinski definition) is 3. The average Bonchev–Trinajstić information content (AvgIpc) is 3.17. The molecule has 1 spiro atoms. The molecule has 2 aliphatic carbocycles. The lowest BCUT2D eigenvalue weighted by molar-refractivity contribution is -0.0974. The summed E-state index contributed by atoms with van der Waals surface area (Å²) >= 11 is 0. The highest BCUT2D eigenvalue weighted by Crippen LogP contribution is 2.46. The first kappa shape index (κ1) is 22.3. The van der Waals surface area contributed by atoms with Crippen LogP contribution in [-0.4, -0.2) is 84.0 Å². The minimum atomic E-state index is -2.84. The van der Waals surface area contributed by atoms with Gasteiger partial charge >= 0.3 is 6.03 Å². The van der Waals surface area contributed by atoms with Crippen LogP contribution in [0.4, 0.5) is 13.6 Å². The van der Waals surface area contributed by atoms with E-state index >= 15 is 0 Å². The number of alkyl halides is 2. The third kappa shape index (κ3) is 4.62. The van der Waals surface area contributed by atoms with Gasteiger partial charge in [0, 0.05) is 57.8 Å². The highest BCUT2D eigenvalue weighted by atomic mass is 19.3. The lowest BCUT2D eigenvalue weighted by Crippen LogP contribution is -2.66. The Morgan fingerprint density at radius 1 is 0.900 bits per heavy atom. The van der Waals surface area contributed by atoms with Gasteiger partial charge in [0.2, 0.25) is 0 Å². The van der Waals surface area contributed by atoms with Gasteiger partial charge in [-0.15, -0.1) is 0 Å². The van der Waals surface area contributed by atoms with Crippen LogP contribution in [0.25, 0.3) is 0 Å². The number of nitrogens with one attached hydrogen (secondary N) is 1. The van der Waals surface area contributed by atoms with Gasteiger partial charge in [-0.05, 0) is 57.8 Å². The Morgan fingerprint density at radius 3 is 2.13 bits per heavy atom. The molecule has 172 valence electrons. The van der Waals surface area contributed by atoms with Crippen molar-refractivity contribution in [3.63, 3.8) is 0 Å². The highest BCUT2D eigenvalue weighted by Gasteiger charge is 2.50. The van der Waals surface area contributed by atoms with Gasteiger partial charge < -0.3 is 10.2 Å². The van der Waals surface area contributed by atoms with Gasteiger partial charge in [-0.3, -0.25) is 9.80 Å². The minimum Gasteiger partial charge on any atom is -0.328 e. The van der Waals surface area contributed by atoms with E-state index in [1.54, 1.807) is 4.90 Å². The predicted molar refractivity (Wildman–Crippen MR) is 115 cm³/mol. The zero-order chi connectivity index (χ0) is 21.4. The predicted octanol–water partition coefficient (Wildman–Crippen LogP) is 3.93. The van der Waals surface area contributed by atoms with Crippen molar-refractivity contribution in [2.75, 3.05) is 39.3 Å². The molecule has 0 bridgehead atoms.